The third-order valence-corrected chi connectivity index (χ3v) is 4.53. The van der Waals surface area contributed by atoms with E-state index >= 15 is 0 Å². The van der Waals surface area contributed by atoms with E-state index in [9.17, 15) is 0 Å². The van der Waals surface area contributed by atoms with Crippen LogP contribution in [0.2, 0.25) is 0 Å². The molecule has 0 unspecified atom stereocenters. The van der Waals surface area contributed by atoms with Gasteiger partial charge in [-0.25, -0.2) is 0 Å². The number of aromatic nitrogens is 1. The number of hydrogen-bond acceptors (Lipinski definition) is 3. The van der Waals surface area contributed by atoms with Crippen molar-refractivity contribution in [1.29, 1.82) is 0 Å². The van der Waals surface area contributed by atoms with E-state index in [4.69, 9.17) is 5.73 Å². The second-order valence-electron chi connectivity index (χ2n) is 6.38. The van der Waals surface area contributed by atoms with Crippen molar-refractivity contribution >= 4 is 0 Å². The van der Waals surface area contributed by atoms with Gasteiger partial charge >= 0.3 is 0 Å². The summed E-state index contributed by atoms with van der Waals surface area (Å²) in [5.41, 5.74) is 7.55. The van der Waals surface area contributed by atoms with Gasteiger partial charge in [0.05, 0.1) is 5.69 Å². The summed E-state index contributed by atoms with van der Waals surface area (Å²) in [6.07, 6.45) is 7.07. The van der Waals surface area contributed by atoms with Crippen LogP contribution in [0.5, 0.6) is 0 Å². The van der Waals surface area contributed by atoms with Gasteiger partial charge < -0.3 is 5.73 Å². The summed E-state index contributed by atoms with van der Waals surface area (Å²) in [7, 11) is 2.18. The molecule has 1 aliphatic rings. The topological polar surface area (TPSA) is 42.1 Å². The second-order valence-corrected chi connectivity index (χ2v) is 6.38. The van der Waals surface area contributed by atoms with E-state index in [1.165, 1.54) is 25.7 Å². The molecular formula is C16H27N3. The van der Waals surface area contributed by atoms with Crippen molar-refractivity contribution in [3.05, 3.63) is 30.1 Å². The summed E-state index contributed by atoms with van der Waals surface area (Å²) >= 11 is 0. The Balaban J connectivity index is 1.91. The van der Waals surface area contributed by atoms with Crippen LogP contribution in [-0.4, -0.2) is 30.0 Å². The van der Waals surface area contributed by atoms with Gasteiger partial charge in [0.25, 0.3) is 0 Å². The van der Waals surface area contributed by atoms with Gasteiger partial charge in [-0.1, -0.05) is 25.8 Å². The molecule has 0 saturated heterocycles. The van der Waals surface area contributed by atoms with Crippen LogP contribution >= 0.6 is 0 Å². The molecule has 1 aromatic rings. The van der Waals surface area contributed by atoms with Crippen LogP contribution in [0.15, 0.2) is 24.4 Å². The highest BCUT2D eigenvalue weighted by Crippen LogP contribution is 2.38. The van der Waals surface area contributed by atoms with Crippen LogP contribution in [-0.2, 0) is 6.54 Å². The summed E-state index contributed by atoms with van der Waals surface area (Å²) in [5, 5.41) is 0. The summed E-state index contributed by atoms with van der Waals surface area (Å²) in [4.78, 5) is 6.78. The Bertz CT molecular complexity index is 369. The standard InChI is InChI=1S/C16H27N3/c1-14-6-8-16(12-17,9-7-14)13-19(2)11-15-5-3-4-10-18-15/h3-5,10,14H,6-9,11-13,17H2,1-2H3. The first-order chi connectivity index (χ1) is 9.13. The molecular weight excluding hydrogens is 234 g/mol. The minimum absolute atomic E-state index is 0.329. The van der Waals surface area contributed by atoms with Gasteiger partial charge in [0.1, 0.15) is 0 Å². The molecule has 1 heterocycles. The van der Waals surface area contributed by atoms with E-state index in [0.717, 1.165) is 31.2 Å². The molecule has 0 aromatic carbocycles. The fourth-order valence-electron chi connectivity index (χ4n) is 3.20. The lowest BCUT2D eigenvalue weighted by Crippen LogP contribution is -2.43. The molecule has 106 valence electrons. The minimum atomic E-state index is 0.329. The Labute approximate surface area is 117 Å². The SMILES string of the molecule is CC1CCC(CN)(CN(C)Cc2ccccn2)CC1. The van der Waals surface area contributed by atoms with Crippen LogP contribution in [0.3, 0.4) is 0 Å². The summed E-state index contributed by atoms with van der Waals surface area (Å²) in [6, 6.07) is 6.11. The molecule has 3 heteroatoms. The Hall–Kier alpha value is -0.930. The van der Waals surface area contributed by atoms with Gasteiger partial charge in [0.2, 0.25) is 0 Å². The lowest BCUT2D eigenvalue weighted by Gasteiger charge is -2.41. The van der Waals surface area contributed by atoms with E-state index in [1.807, 2.05) is 12.3 Å². The molecule has 0 bridgehead atoms. The number of nitrogens with two attached hydrogens (primary N) is 1. The molecule has 1 saturated carbocycles. The maximum atomic E-state index is 6.08. The Kier molecular flexibility index (Phi) is 4.94. The molecule has 2 N–H and O–H groups in total. The van der Waals surface area contributed by atoms with Crippen molar-refractivity contribution in [3.63, 3.8) is 0 Å². The van der Waals surface area contributed by atoms with E-state index in [-0.39, 0.29) is 0 Å². The van der Waals surface area contributed by atoms with Crippen molar-refractivity contribution in [2.75, 3.05) is 20.1 Å². The predicted molar refractivity (Wildman–Crippen MR) is 79.7 cm³/mol. The number of nitrogens with zero attached hydrogens (tertiary/aromatic N) is 2. The van der Waals surface area contributed by atoms with Gasteiger partial charge in [-0.2, -0.15) is 0 Å². The van der Waals surface area contributed by atoms with Gasteiger partial charge in [-0.05, 0) is 49.9 Å². The van der Waals surface area contributed by atoms with Gasteiger partial charge in [-0.15, -0.1) is 0 Å². The smallest absolute Gasteiger partial charge is 0.0543 e. The summed E-state index contributed by atoms with van der Waals surface area (Å²) in [5.74, 6) is 0.876. The monoisotopic (exact) mass is 261 g/mol. The van der Waals surface area contributed by atoms with Crippen LogP contribution in [0.4, 0.5) is 0 Å². The quantitative estimate of drug-likeness (QED) is 0.886. The molecule has 0 amide bonds. The predicted octanol–water partition coefficient (Wildman–Crippen LogP) is 2.67. The van der Waals surface area contributed by atoms with E-state index in [2.05, 4.69) is 36.0 Å². The van der Waals surface area contributed by atoms with E-state index in [1.54, 1.807) is 0 Å². The minimum Gasteiger partial charge on any atom is -0.330 e. The van der Waals surface area contributed by atoms with Crippen LogP contribution in [0, 0.1) is 11.3 Å². The zero-order valence-electron chi connectivity index (χ0n) is 12.3. The molecule has 0 radical (unpaired) electrons. The average molecular weight is 261 g/mol. The summed E-state index contributed by atoms with van der Waals surface area (Å²) < 4.78 is 0. The van der Waals surface area contributed by atoms with Gasteiger partial charge in [0, 0.05) is 19.3 Å². The highest BCUT2D eigenvalue weighted by atomic mass is 15.1. The molecule has 1 fully saturated rings. The van der Waals surface area contributed by atoms with Crippen molar-refractivity contribution in [3.8, 4) is 0 Å². The van der Waals surface area contributed by atoms with Crippen molar-refractivity contribution in [2.24, 2.45) is 17.1 Å². The molecule has 0 spiro atoms. The number of rotatable bonds is 5. The van der Waals surface area contributed by atoms with Crippen molar-refractivity contribution < 1.29 is 0 Å². The van der Waals surface area contributed by atoms with Crippen molar-refractivity contribution in [2.45, 2.75) is 39.2 Å². The maximum absolute atomic E-state index is 6.08. The third-order valence-electron chi connectivity index (χ3n) is 4.53. The zero-order chi connectivity index (χ0) is 13.7. The number of hydrogen-bond donors (Lipinski definition) is 1. The molecule has 1 aliphatic carbocycles. The van der Waals surface area contributed by atoms with Gasteiger partial charge in [0.15, 0.2) is 0 Å². The molecule has 0 aliphatic heterocycles. The fourth-order valence-corrected chi connectivity index (χ4v) is 3.20. The number of pyridine rings is 1. The maximum Gasteiger partial charge on any atom is 0.0543 e. The average Bonchev–Trinajstić information content (AvgIpc) is 2.43. The highest BCUT2D eigenvalue weighted by Gasteiger charge is 2.33. The van der Waals surface area contributed by atoms with Gasteiger partial charge in [-0.3, -0.25) is 9.88 Å². The highest BCUT2D eigenvalue weighted by molar-refractivity contribution is 5.03. The largest absolute Gasteiger partial charge is 0.330 e. The first-order valence-corrected chi connectivity index (χ1v) is 7.42. The Morgan fingerprint density at radius 3 is 2.68 bits per heavy atom. The van der Waals surface area contributed by atoms with Crippen LogP contribution in [0.25, 0.3) is 0 Å². The first kappa shape index (κ1) is 14.5. The van der Waals surface area contributed by atoms with Crippen molar-refractivity contribution in [1.82, 2.24) is 9.88 Å². The molecule has 1 aromatic heterocycles. The third kappa shape index (κ3) is 4.02. The second kappa shape index (κ2) is 6.49. The van der Waals surface area contributed by atoms with E-state index in [0.29, 0.717) is 5.41 Å². The molecule has 3 nitrogen and oxygen atoms in total. The molecule has 0 atom stereocenters. The zero-order valence-corrected chi connectivity index (χ0v) is 12.3. The Morgan fingerprint density at radius 2 is 2.11 bits per heavy atom. The first-order valence-electron chi connectivity index (χ1n) is 7.42. The fraction of sp³-hybridized carbons (Fsp3) is 0.688. The normalized spacial score (nSPS) is 27.7. The lowest BCUT2D eigenvalue weighted by molar-refractivity contribution is 0.105. The molecule has 19 heavy (non-hydrogen) atoms. The van der Waals surface area contributed by atoms with E-state index < -0.39 is 0 Å². The summed E-state index contributed by atoms with van der Waals surface area (Å²) in [6.45, 7) is 5.18. The Morgan fingerprint density at radius 1 is 1.37 bits per heavy atom. The lowest BCUT2D eigenvalue weighted by atomic mass is 9.70. The van der Waals surface area contributed by atoms with Crippen LogP contribution < -0.4 is 5.73 Å². The molecule has 2 rings (SSSR count). The van der Waals surface area contributed by atoms with Crippen LogP contribution in [0.1, 0.15) is 38.3 Å².